The van der Waals surface area contributed by atoms with Gasteiger partial charge in [0.25, 0.3) is 0 Å². The Labute approximate surface area is 333 Å². The van der Waals surface area contributed by atoms with Crippen LogP contribution in [-0.2, 0) is 0 Å². The van der Waals surface area contributed by atoms with E-state index in [2.05, 4.69) is 206 Å². The number of thiophene rings is 2. The highest BCUT2D eigenvalue weighted by molar-refractivity contribution is 7.29. The van der Waals surface area contributed by atoms with Crippen molar-refractivity contribution in [2.45, 2.75) is 13.8 Å². The largest absolute Gasteiger partial charge is 0.310 e. The van der Waals surface area contributed by atoms with Gasteiger partial charge < -0.3 is 9.80 Å². The van der Waals surface area contributed by atoms with E-state index < -0.39 is 0 Å². The first-order valence-corrected chi connectivity index (χ1v) is 20.7. The van der Waals surface area contributed by atoms with Crippen LogP contribution in [0.4, 0.5) is 34.1 Å². The third-order valence-electron chi connectivity index (χ3n) is 11.1. The minimum absolute atomic E-state index is 1.15. The fraction of sp³-hybridized carbons (Fsp3) is 0.0385. The molecule has 0 aliphatic rings. The number of anilines is 6. The maximum atomic E-state index is 2.42. The Morgan fingerprint density at radius 1 is 0.321 bits per heavy atom. The summed E-state index contributed by atoms with van der Waals surface area (Å²) in [6.07, 6.45) is 0. The van der Waals surface area contributed by atoms with Crippen LogP contribution in [0.15, 0.2) is 182 Å². The summed E-state index contributed by atoms with van der Waals surface area (Å²) in [7, 11) is 0. The molecule has 11 aromatic rings. The van der Waals surface area contributed by atoms with Crippen molar-refractivity contribution in [2.24, 2.45) is 0 Å². The molecule has 0 atom stereocenters. The average Bonchev–Trinajstić information content (AvgIpc) is 3.78. The third-order valence-corrected chi connectivity index (χ3v) is 13.4. The fourth-order valence-electron chi connectivity index (χ4n) is 8.27. The normalized spacial score (nSPS) is 11.8. The molecule has 0 unspecified atom stereocenters. The molecule has 2 aromatic heterocycles. The number of fused-ring (bicyclic) bond motifs is 9. The Bertz CT molecular complexity index is 3250. The van der Waals surface area contributed by atoms with Crippen molar-refractivity contribution in [3.8, 4) is 0 Å². The molecule has 4 heteroatoms. The lowest BCUT2D eigenvalue weighted by molar-refractivity contribution is 1.28. The second-order valence-electron chi connectivity index (χ2n) is 14.8. The summed E-state index contributed by atoms with van der Waals surface area (Å²) < 4.78 is 5.35. The van der Waals surface area contributed by atoms with E-state index in [4.69, 9.17) is 0 Å². The van der Waals surface area contributed by atoms with Crippen molar-refractivity contribution in [1.82, 2.24) is 0 Å². The summed E-state index contributed by atoms with van der Waals surface area (Å²) in [6, 6.07) is 67.0. The van der Waals surface area contributed by atoms with Crippen LogP contribution in [0.5, 0.6) is 0 Å². The van der Waals surface area contributed by atoms with Crippen molar-refractivity contribution in [3.63, 3.8) is 0 Å². The van der Waals surface area contributed by atoms with E-state index in [0.29, 0.717) is 0 Å². The van der Waals surface area contributed by atoms with Gasteiger partial charge in [-0.3, -0.25) is 0 Å². The zero-order valence-corrected chi connectivity index (χ0v) is 32.7. The van der Waals surface area contributed by atoms with Crippen LogP contribution in [0.3, 0.4) is 0 Å². The molecule has 11 rings (SSSR count). The highest BCUT2D eigenvalue weighted by Gasteiger charge is 2.18. The van der Waals surface area contributed by atoms with E-state index in [1.165, 1.54) is 73.0 Å². The number of hydrogen-bond acceptors (Lipinski definition) is 4. The number of nitrogens with zero attached hydrogens (tertiary/aromatic N) is 2. The second kappa shape index (κ2) is 13.1. The molecule has 0 N–H and O–H groups in total. The van der Waals surface area contributed by atoms with Gasteiger partial charge in [-0.1, -0.05) is 90.0 Å². The molecular weight excluding hydrogens is 717 g/mol. The smallest absolute Gasteiger partial charge is 0.0468 e. The first kappa shape index (κ1) is 32.9. The summed E-state index contributed by atoms with van der Waals surface area (Å²) in [4.78, 5) is 4.70. The summed E-state index contributed by atoms with van der Waals surface area (Å²) in [6.45, 7) is 4.28. The van der Waals surface area contributed by atoms with Crippen molar-refractivity contribution in [2.75, 3.05) is 9.80 Å². The number of para-hydroxylation sites is 2. The zero-order chi connectivity index (χ0) is 37.3. The molecule has 0 saturated heterocycles. The fourth-order valence-corrected chi connectivity index (χ4v) is 10.8. The molecule has 0 saturated carbocycles. The highest BCUT2D eigenvalue weighted by Crippen LogP contribution is 2.47. The van der Waals surface area contributed by atoms with Crippen LogP contribution >= 0.6 is 22.7 Å². The van der Waals surface area contributed by atoms with Gasteiger partial charge in [-0.2, -0.15) is 0 Å². The Morgan fingerprint density at radius 2 is 0.786 bits per heavy atom. The topological polar surface area (TPSA) is 6.48 Å². The summed E-state index contributed by atoms with van der Waals surface area (Å²) >= 11 is 3.83. The maximum Gasteiger partial charge on any atom is 0.0468 e. The number of rotatable bonds is 6. The van der Waals surface area contributed by atoms with Gasteiger partial charge in [-0.25, -0.2) is 0 Å². The lowest BCUT2D eigenvalue weighted by Gasteiger charge is -2.26. The second-order valence-corrected chi connectivity index (χ2v) is 16.9. The van der Waals surface area contributed by atoms with E-state index in [0.717, 1.165) is 34.1 Å². The summed E-state index contributed by atoms with van der Waals surface area (Å²) in [5.41, 5.74) is 9.42. The molecule has 2 nitrogen and oxygen atoms in total. The number of benzene rings is 9. The van der Waals surface area contributed by atoms with E-state index in [9.17, 15) is 0 Å². The Hall–Kier alpha value is -6.46. The number of hydrogen-bond donors (Lipinski definition) is 0. The Balaban J connectivity index is 1.04. The van der Waals surface area contributed by atoms with E-state index in [1.807, 2.05) is 22.7 Å². The molecule has 0 spiro atoms. The van der Waals surface area contributed by atoms with Gasteiger partial charge in [-0.05, 0) is 139 Å². The van der Waals surface area contributed by atoms with Gasteiger partial charge in [0.1, 0.15) is 0 Å². The van der Waals surface area contributed by atoms with Crippen LogP contribution in [0.2, 0.25) is 0 Å². The monoisotopic (exact) mass is 752 g/mol. The third kappa shape index (κ3) is 5.52. The first-order valence-electron chi connectivity index (χ1n) is 19.1. The molecule has 0 aliphatic heterocycles. The van der Waals surface area contributed by atoms with E-state index in [1.54, 1.807) is 0 Å². The summed E-state index contributed by atoms with van der Waals surface area (Å²) in [5, 5.41) is 10.4. The minimum Gasteiger partial charge on any atom is -0.310 e. The molecule has 9 aromatic carbocycles. The predicted molar refractivity (Wildman–Crippen MR) is 246 cm³/mol. The van der Waals surface area contributed by atoms with E-state index >= 15 is 0 Å². The van der Waals surface area contributed by atoms with Crippen LogP contribution < -0.4 is 9.80 Å². The summed E-state index contributed by atoms with van der Waals surface area (Å²) in [5.74, 6) is 0. The Kier molecular flexibility index (Phi) is 7.70. The maximum absolute atomic E-state index is 2.42. The van der Waals surface area contributed by atoms with Gasteiger partial charge in [0.05, 0.1) is 0 Å². The van der Waals surface area contributed by atoms with Gasteiger partial charge in [0, 0.05) is 74.5 Å². The molecule has 0 fully saturated rings. The lowest BCUT2D eigenvalue weighted by atomic mass is 10.0. The van der Waals surface area contributed by atoms with E-state index in [-0.39, 0.29) is 0 Å². The van der Waals surface area contributed by atoms with Crippen molar-refractivity contribution in [1.29, 1.82) is 0 Å². The van der Waals surface area contributed by atoms with Crippen LogP contribution in [0.25, 0.3) is 61.9 Å². The van der Waals surface area contributed by atoms with Crippen LogP contribution in [-0.4, -0.2) is 0 Å². The van der Waals surface area contributed by atoms with Gasteiger partial charge in [0.15, 0.2) is 0 Å². The highest BCUT2D eigenvalue weighted by atomic mass is 32.1. The Morgan fingerprint density at radius 3 is 1.32 bits per heavy atom. The molecule has 0 aliphatic carbocycles. The quantitative estimate of drug-likeness (QED) is 0.167. The lowest BCUT2D eigenvalue weighted by Crippen LogP contribution is -2.09. The number of aryl methyl sites for hydroxylation is 2. The SMILES string of the molecule is Cc1ccc(N(c2ccccc2)c2ccc3cc4c(cc3c2)sc2c4ccc3sc4cc5cc(N(c6ccccc6)c6ccc(C)cc6)ccc5cc4c32)cc1. The average molecular weight is 753 g/mol. The first-order chi connectivity index (χ1) is 27.5. The van der Waals surface area contributed by atoms with Gasteiger partial charge in [-0.15, -0.1) is 22.7 Å². The molecule has 0 amide bonds. The van der Waals surface area contributed by atoms with Gasteiger partial charge in [0.2, 0.25) is 0 Å². The van der Waals surface area contributed by atoms with Gasteiger partial charge >= 0.3 is 0 Å². The van der Waals surface area contributed by atoms with Crippen molar-refractivity contribution in [3.05, 3.63) is 193 Å². The molecular formula is C52H36N2S2. The standard InChI is InChI=1S/C52H36N2S2/c1-33-13-19-41(20-14-33)53(39-9-5-3-6-10-39)43-23-17-35-29-46-45-25-26-48-51(52(45)56-49(46)31-37(35)27-43)47-30-36-18-24-44(28-38(36)32-50(47)55-48)54(40-11-7-4-8-12-40)42-21-15-34(2)16-22-42/h3-32H,1-2H3. The molecule has 0 bridgehead atoms. The molecule has 0 radical (unpaired) electrons. The van der Waals surface area contributed by atoms with Crippen molar-refractivity contribution < 1.29 is 0 Å². The molecule has 56 heavy (non-hydrogen) atoms. The van der Waals surface area contributed by atoms with Crippen LogP contribution in [0.1, 0.15) is 11.1 Å². The zero-order valence-electron chi connectivity index (χ0n) is 31.0. The van der Waals surface area contributed by atoms with Crippen molar-refractivity contribution >= 4 is 119 Å². The molecule has 2 heterocycles. The van der Waals surface area contributed by atoms with Crippen LogP contribution in [0, 0.1) is 13.8 Å². The molecule has 266 valence electrons. The predicted octanol–water partition coefficient (Wildman–Crippen LogP) is 16.3. The minimum atomic E-state index is 1.15.